The van der Waals surface area contributed by atoms with Crippen molar-refractivity contribution >= 4 is 97.7 Å². The lowest BCUT2D eigenvalue weighted by molar-refractivity contribution is 0.668. The van der Waals surface area contributed by atoms with Crippen LogP contribution in [0, 0.1) is 0 Å². The van der Waals surface area contributed by atoms with Gasteiger partial charge < -0.3 is 8.83 Å². The molecule has 0 fully saturated rings. The first-order valence-electron chi connectivity index (χ1n) is 28.2. The minimum atomic E-state index is 0.856. The van der Waals surface area contributed by atoms with Gasteiger partial charge in [0.2, 0.25) is 0 Å². The monoisotopic (exact) mass is 1040 g/mol. The average molecular weight is 1040 g/mol. The van der Waals surface area contributed by atoms with E-state index in [0.717, 1.165) is 71.7 Å². The van der Waals surface area contributed by atoms with Crippen molar-refractivity contribution in [2.45, 2.75) is 0 Å². The zero-order valence-corrected chi connectivity index (χ0v) is 44.5. The molecule has 0 aliphatic heterocycles. The zero-order valence-electron chi connectivity index (χ0n) is 44.5. The van der Waals surface area contributed by atoms with Crippen molar-refractivity contribution in [1.29, 1.82) is 0 Å². The van der Waals surface area contributed by atoms with Crippen LogP contribution in [0.15, 0.2) is 300 Å². The van der Waals surface area contributed by atoms with Crippen LogP contribution in [0.2, 0.25) is 0 Å². The molecule has 0 bridgehead atoms. The van der Waals surface area contributed by atoms with Gasteiger partial charge in [0.1, 0.15) is 22.3 Å². The molecule has 0 unspecified atom stereocenters. The van der Waals surface area contributed by atoms with Crippen molar-refractivity contribution in [3.8, 4) is 77.9 Å². The third-order valence-electron chi connectivity index (χ3n) is 17.2. The molecule has 0 aliphatic carbocycles. The summed E-state index contributed by atoms with van der Waals surface area (Å²) in [6.07, 6.45) is 0. The molecule has 0 spiro atoms. The first-order valence-corrected chi connectivity index (χ1v) is 28.2. The Morgan fingerprint density at radius 2 is 0.610 bits per heavy atom. The van der Waals surface area contributed by atoms with Crippen LogP contribution in [0.4, 0.5) is 0 Å². The lowest BCUT2D eigenvalue weighted by Gasteiger charge is -2.21. The van der Waals surface area contributed by atoms with Crippen LogP contribution in [-0.4, -0.2) is 0 Å². The second-order valence-electron chi connectivity index (χ2n) is 21.7. The molecule has 2 heteroatoms. The summed E-state index contributed by atoms with van der Waals surface area (Å²) in [6, 6.07) is 106. The number of benzene rings is 15. The summed E-state index contributed by atoms with van der Waals surface area (Å²) in [5, 5.41) is 16.5. The van der Waals surface area contributed by atoms with Gasteiger partial charge in [-0.15, -0.1) is 0 Å². The Balaban J connectivity index is 0.889. The van der Waals surface area contributed by atoms with Crippen LogP contribution >= 0.6 is 0 Å². The fraction of sp³-hybridized carbons (Fsp3) is 0. The molecule has 2 aromatic heterocycles. The number of fused-ring (bicyclic) bond motifs is 11. The Kier molecular flexibility index (Phi) is 10.3. The van der Waals surface area contributed by atoms with Crippen LogP contribution in [0.25, 0.3) is 176 Å². The van der Waals surface area contributed by atoms with E-state index in [9.17, 15) is 0 Å². The van der Waals surface area contributed by atoms with E-state index in [1.165, 1.54) is 104 Å². The Hall–Kier alpha value is -10.8. The predicted octanol–water partition coefficient (Wildman–Crippen LogP) is 22.9. The maximum atomic E-state index is 6.79. The Morgan fingerprint density at radius 3 is 1.28 bits per heavy atom. The van der Waals surface area contributed by atoms with Gasteiger partial charge >= 0.3 is 0 Å². The second-order valence-corrected chi connectivity index (χ2v) is 21.7. The quantitative estimate of drug-likeness (QED) is 0.149. The molecule has 0 N–H and O–H groups in total. The molecule has 0 radical (unpaired) electrons. The van der Waals surface area contributed by atoms with Crippen molar-refractivity contribution in [3.63, 3.8) is 0 Å². The molecule has 0 atom stereocenters. The highest BCUT2D eigenvalue weighted by Gasteiger charge is 2.24. The molecule has 17 rings (SSSR count). The van der Waals surface area contributed by atoms with E-state index < -0.39 is 0 Å². The number of rotatable bonds is 7. The van der Waals surface area contributed by atoms with Gasteiger partial charge in [-0.2, -0.15) is 0 Å². The SMILES string of the molecule is c1ccc(-c2cc(-c3c4ccccc4c(-c4cccc5oc6ccccc6c45)c4cc(-c5ccc6oc7cccc(-c8cccc(-c9c%10ccccc%10c(-c%10ccccc%10)c%10ccccc9%10)c8)c7c6c5)ccc34)c3ccccc3c2)cc1. The number of para-hydroxylation sites is 1. The molecular weight excluding hydrogens is 993 g/mol. The number of furan rings is 2. The smallest absolute Gasteiger partial charge is 0.136 e. The molecule has 0 aliphatic rings. The Morgan fingerprint density at radius 1 is 0.171 bits per heavy atom. The van der Waals surface area contributed by atoms with Gasteiger partial charge in [0.25, 0.3) is 0 Å². The van der Waals surface area contributed by atoms with Crippen molar-refractivity contribution in [2.24, 2.45) is 0 Å². The van der Waals surface area contributed by atoms with E-state index in [4.69, 9.17) is 8.83 Å². The number of hydrogen-bond donors (Lipinski definition) is 0. The maximum Gasteiger partial charge on any atom is 0.136 e. The fourth-order valence-electron chi connectivity index (χ4n) is 13.7. The minimum absolute atomic E-state index is 0.856. The van der Waals surface area contributed by atoms with Gasteiger partial charge in [-0.05, 0) is 186 Å². The summed E-state index contributed by atoms with van der Waals surface area (Å²) in [7, 11) is 0. The summed E-state index contributed by atoms with van der Waals surface area (Å²) in [6.45, 7) is 0. The summed E-state index contributed by atoms with van der Waals surface area (Å²) in [5.74, 6) is 0. The van der Waals surface area contributed by atoms with Crippen LogP contribution in [0.1, 0.15) is 0 Å². The van der Waals surface area contributed by atoms with E-state index >= 15 is 0 Å². The molecule has 82 heavy (non-hydrogen) atoms. The van der Waals surface area contributed by atoms with Gasteiger partial charge in [0.15, 0.2) is 0 Å². The van der Waals surface area contributed by atoms with E-state index in [0.29, 0.717) is 0 Å². The highest BCUT2D eigenvalue weighted by Crippen LogP contribution is 2.51. The zero-order chi connectivity index (χ0) is 53.8. The normalized spacial score (nSPS) is 11.9. The molecule has 0 saturated carbocycles. The fourth-order valence-corrected chi connectivity index (χ4v) is 13.7. The van der Waals surface area contributed by atoms with Crippen LogP contribution in [-0.2, 0) is 0 Å². The van der Waals surface area contributed by atoms with E-state index in [1.807, 2.05) is 0 Å². The van der Waals surface area contributed by atoms with Crippen molar-refractivity contribution in [2.75, 3.05) is 0 Å². The van der Waals surface area contributed by atoms with E-state index in [2.05, 4.69) is 291 Å². The van der Waals surface area contributed by atoms with Gasteiger partial charge in [-0.1, -0.05) is 237 Å². The molecular formula is C80H48O2. The number of hydrogen-bond acceptors (Lipinski definition) is 2. The molecule has 0 amide bonds. The Bertz CT molecular complexity index is 5390. The highest BCUT2D eigenvalue weighted by molar-refractivity contribution is 6.28. The standard InChI is InChI=1S/C80H48O2/c1-3-20-49(21-4-1)56-45-53-24-7-8-27-57(53)68(48-56)77-63-32-13-14-33-64(63)78(67-36-19-39-74-80(67)66-34-15-16-37-71(66)81-74)69-46-51(40-42-65(69)77)52-41-43-72-70(47-52)79-58(35-18-38-73(79)82-72)54-25-17-26-55(44-54)76-61-30-11-9-28-59(61)75(50-22-5-2-6-23-50)60-29-10-12-31-62(60)76/h1-48H. The third-order valence-corrected chi connectivity index (χ3v) is 17.2. The van der Waals surface area contributed by atoms with Crippen LogP contribution < -0.4 is 0 Å². The molecule has 380 valence electrons. The second kappa shape index (κ2) is 18.4. The average Bonchev–Trinajstić information content (AvgIpc) is 2.41. The molecule has 17 aromatic rings. The van der Waals surface area contributed by atoms with Gasteiger partial charge in [0.05, 0.1) is 0 Å². The summed E-state index contributed by atoms with van der Waals surface area (Å²) < 4.78 is 13.4. The maximum absolute atomic E-state index is 6.79. The summed E-state index contributed by atoms with van der Waals surface area (Å²) >= 11 is 0. The molecule has 2 nitrogen and oxygen atoms in total. The first-order chi connectivity index (χ1) is 40.7. The van der Waals surface area contributed by atoms with Crippen molar-refractivity contribution in [3.05, 3.63) is 291 Å². The first kappa shape index (κ1) is 46.1. The van der Waals surface area contributed by atoms with Crippen molar-refractivity contribution < 1.29 is 8.83 Å². The van der Waals surface area contributed by atoms with Crippen molar-refractivity contribution in [1.82, 2.24) is 0 Å². The van der Waals surface area contributed by atoms with Gasteiger partial charge in [-0.25, -0.2) is 0 Å². The summed E-state index contributed by atoms with van der Waals surface area (Å²) in [5.41, 5.74) is 20.0. The van der Waals surface area contributed by atoms with E-state index in [-0.39, 0.29) is 0 Å². The largest absolute Gasteiger partial charge is 0.456 e. The highest BCUT2D eigenvalue weighted by atomic mass is 16.3. The van der Waals surface area contributed by atoms with E-state index in [1.54, 1.807) is 0 Å². The predicted molar refractivity (Wildman–Crippen MR) is 347 cm³/mol. The molecule has 0 saturated heterocycles. The lowest BCUT2D eigenvalue weighted by atomic mass is 9.82. The lowest BCUT2D eigenvalue weighted by Crippen LogP contribution is -1.93. The topological polar surface area (TPSA) is 26.3 Å². The van der Waals surface area contributed by atoms with Crippen LogP contribution in [0.5, 0.6) is 0 Å². The van der Waals surface area contributed by atoms with Crippen LogP contribution in [0.3, 0.4) is 0 Å². The van der Waals surface area contributed by atoms with Gasteiger partial charge in [0, 0.05) is 21.5 Å². The Labute approximate surface area is 473 Å². The third kappa shape index (κ3) is 7.15. The molecule has 2 heterocycles. The minimum Gasteiger partial charge on any atom is -0.456 e. The summed E-state index contributed by atoms with van der Waals surface area (Å²) in [4.78, 5) is 0. The molecule has 15 aromatic carbocycles. The van der Waals surface area contributed by atoms with Gasteiger partial charge in [-0.3, -0.25) is 0 Å².